The molecular weight excluding hydrogens is 242 g/mol. The van der Waals surface area contributed by atoms with Crippen LogP contribution in [0.15, 0.2) is 29.6 Å². The van der Waals surface area contributed by atoms with Crippen molar-refractivity contribution in [3.63, 3.8) is 0 Å². The van der Waals surface area contributed by atoms with E-state index in [1.807, 2.05) is 24.3 Å². The predicted molar refractivity (Wildman–Crippen MR) is 75.7 cm³/mol. The molecule has 3 heteroatoms. The third kappa shape index (κ3) is 2.46. The molecule has 0 saturated heterocycles. The van der Waals surface area contributed by atoms with Gasteiger partial charge in [0.15, 0.2) is 0 Å². The number of rotatable bonds is 3. The Morgan fingerprint density at radius 3 is 2.89 bits per heavy atom. The van der Waals surface area contributed by atoms with Gasteiger partial charge in [0.25, 0.3) is 0 Å². The van der Waals surface area contributed by atoms with Crippen molar-refractivity contribution in [1.29, 1.82) is 0 Å². The molecule has 1 saturated carbocycles. The molecule has 0 aliphatic heterocycles. The van der Waals surface area contributed by atoms with E-state index in [0.29, 0.717) is 11.7 Å². The number of hydrogen-bond acceptors (Lipinski definition) is 3. The molecule has 1 N–H and O–H groups in total. The topological polar surface area (TPSA) is 33.1 Å². The standard InChI is InChI=1S/C15H15NOS/c17-13-6-1-3-11(9-13)7-8-15-16-14(10-18-15)12-4-2-5-12/h1,3,6-10,12,17H,2,4-5H2. The van der Waals surface area contributed by atoms with E-state index in [9.17, 15) is 5.11 Å². The summed E-state index contributed by atoms with van der Waals surface area (Å²) in [5.41, 5.74) is 2.25. The van der Waals surface area contributed by atoms with Gasteiger partial charge in [0.1, 0.15) is 10.8 Å². The van der Waals surface area contributed by atoms with Gasteiger partial charge in [-0.3, -0.25) is 0 Å². The fourth-order valence-corrected chi connectivity index (χ4v) is 2.86. The minimum absolute atomic E-state index is 0.298. The number of thiazole rings is 1. The average molecular weight is 257 g/mol. The summed E-state index contributed by atoms with van der Waals surface area (Å²) < 4.78 is 0. The van der Waals surface area contributed by atoms with Crippen LogP contribution < -0.4 is 0 Å². The lowest BCUT2D eigenvalue weighted by atomic mass is 9.83. The van der Waals surface area contributed by atoms with Crippen LogP contribution in [0.2, 0.25) is 0 Å². The molecule has 1 aromatic carbocycles. The number of phenolic OH excluding ortho intramolecular Hbond substituents is 1. The first-order valence-electron chi connectivity index (χ1n) is 6.24. The first-order valence-corrected chi connectivity index (χ1v) is 7.12. The SMILES string of the molecule is Oc1cccc(C=Cc2nc(C3CCC3)cs2)c1. The second-order valence-electron chi connectivity index (χ2n) is 4.67. The lowest BCUT2D eigenvalue weighted by Gasteiger charge is -2.22. The molecule has 1 aromatic heterocycles. The third-order valence-corrected chi connectivity index (χ3v) is 4.18. The van der Waals surface area contributed by atoms with Crippen LogP contribution in [0, 0.1) is 0 Å². The van der Waals surface area contributed by atoms with Crippen LogP contribution in [0.25, 0.3) is 12.2 Å². The zero-order valence-corrected chi connectivity index (χ0v) is 10.9. The third-order valence-electron chi connectivity index (χ3n) is 3.35. The van der Waals surface area contributed by atoms with E-state index in [1.54, 1.807) is 23.5 Å². The largest absolute Gasteiger partial charge is 0.508 e. The van der Waals surface area contributed by atoms with Gasteiger partial charge >= 0.3 is 0 Å². The molecule has 18 heavy (non-hydrogen) atoms. The van der Waals surface area contributed by atoms with Crippen LogP contribution in [0.3, 0.4) is 0 Å². The van der Waals surface area contributed by atoms with E-state index in [4.69, 9.17) is 0 Å². The highest BCUT2D eigenvalue weighted by Gasteiger charge is 2.21. The Bertz CT molecular complexity index is 569. The van der Waals surface area contributed by atoms with E-state index in [2.05, 4.69) is 10.4 Å². The zero-order valence-electron chi connectivity index (χ0n) is 10.0. The van der Waals surface area contributed by atoms with Gasteiger partial charge < -0.3 is 5.11 Å². The van der Waals surface area contributed by atoms with Crippen molar-refractivity contribution in [1.82, 2.24) is 4.98 Å². The Morgan fingerprint density at radius 1 is 1.28 bits per heavy atom. The van der Waals surface area contributed by atoms with E-state index in [1.165, 1.54) is 25.0 Å². The normalized spacial score (nSPS) is 16.0. The van der Waals surface area contributed by atoms with Gasteiger partial charge in [-0.2, -0.15) is 0 Å². The van der Waals surface area contributed by atoms with Gasteiger partial charge in [0.2, 0.25) is 0 Å². The molecule has 1 aliphatic carbocycles. The average Bonchev–Trinajstić information content (AvgIpc) is 2.73. The Labute approximate surface area is 111 Å². The summed E-state index contributed by atoms with van der Waals surface area (Å²) in [6.07, 6.45) is 7.93. The van der Waals surface area contributed by atoms with Gasteiger partial charge in [-0.25, -0.2) is 4.98 Å². The lowest BCUT2D eigenvalue weighted by Crippen LogP contribution is -2.08. The van der Waals surface area contributed by atoms with Crippen LogP contribution in [0.1, 0.15) is 41.4 Å². The van der Waals surface area contributed by atoms with Crippen LogP contribution >= 0.6 is 11.3 Å². The molecule has 0 spiro atoms. The van der Waals surface area contributed by atoms with Crippen molar-refractivity contribution in [2.45, 2.75) is 25.2 Å². The molecule has 1 fully saturated rings. The van der Waals surface area contributed by atoms with Crippen LogP contribution in [-0.2, 0) is 0 Å². The van der Waals surface area contributed by atoms with Gasteiger partial charge in [0.05, 0.1) is 5.69 Å². The van der Waals surface area contributed by atoms with E-state index >= 15 is 0 Å². The first-order chi connectivity index (χ1) is 8.81. The van der Waals surface area contributed by atoms with Crippen molar-refractivity contribution in [3.05, 3.63) is 45.9 Å². The quantitative estimate of drug-likeness (QED) is 0.890. The van der Waals surface area contributed by atoms with E-state index in [0.717, 1.165) is 10.6 Å². The maximum absolute atomic E-state index is 9.38. The monoisotopic (exact) mass is 257 g/mol. The van der Waals surface area contributed by atoms with Crippen molar-refractivity contribution < 1.29 is 5.11 Å². The minimum atomic E-state index is 0.298. The molecule has 1 heterocycles. The Balaban J connectivity index is 1.73. The van der Waals surface area contributed by atoms with Crippen molar-refractivity contribution >= 4 is 23.5 Å². The summed E-state index contributed by atoms with van der Waals surface area (Å²) in [6.45, 7) is 0. The fourth-order valence-electron chi connectivity index (χ4n) is 2.06. The summed E-state index contributed by atoms with van der Waals surface area (Å²) in [5.74, 6) is 0.996. The molecule has 2 aromatic rings. The molecule has 0 unspecified atom stereocenters. The summed E-state index contributed by atoms with van der Waals surface area (Å²) in [5, 5.41) is 12.6. The molecule has 1 aliphatic rings. The maximum atomic E-state index is 9.38. The number of aromatic hydroxyl groups is 1. The second kappa shape index (κ2) is 4.94. The summed E-state index contributed by atoms with van der Waals surface area (Å²) in [7, 11) is 0. The van der Waals surface area contributed by atoms with E-state index in [-0.39, 0.29) is 0 Å². The summed E-state index contributed by atoms with van der Waals surface area (Å²) >= 11 is 1.69. The molecule has 3 rings (SSSR count). The van der Waals surface area contributed by atoms with Crippen molar-refractivity contribution in [3.8, 4) is 5.75 Å². The minimum Gasteiger partial charge on any atom is -0.508 e. The molecule has 2 nitrogen and oxygen atoms in total. The number of nitrogens with zero attached hydrogens (tertiary/aromatic N) is 1. The van der Waals surface area contributed by atoms with Gasteiger partial charge in [0, 0.05) is 11.3 Å². The summed E-state index contributed by atoms with van der Waals surface area (Å²) in [6, 6.07) is 7.24. The van der Waals surface area contributed by atoms with Crippen LogP contribution in [-0.4, -0.2) is 10.1 Å². The van der Waals surface area contributed by atoms with Gasteiger partial charge in [-0.15, -0.1) is 11.3 Å². The van der Waals surface area contributed by atoms with Crippen LogP contribution in [0.4, 0.5) is 0 Å². The molecular formula is C15H15NOS. The molecule has 0 bridgehead atoms. The molecule has 0 atom stereocenters. The molecule has 0 radical (unpaired) electrons. The summed E-state index contributed by atoms with van der Waals surface area (Å²) in [4.78, 5) is 4.64. The van der Waals surface area contributed by atoms with Gasteiger partial charge in [-0.05, 0) is 36.6 Å². The Hall–Kier alpha value is -1.61. The number of aromatic nitrogens is 1. The molecule has 0 amide bonds. The highest BCUT2D eigenvalue weighted by molar-refractivity contribution is 7.10. The van der Waals surface area contributed by atoms with Crippen molar-refractivity contribution in [2.24, 2.45) is 0 Å². The Kier molecular flexibility index (Phi) is 3.15. The smallest absolute Gasteiger partial charge is 0.116 e. The number of benzene rings is 1. The van der Waals surface area contributed by atoms with Crippen LogP contribution in [0.5, 0.6) is 5.75 Å². The highest BCUT2D eigenvalue weighted by Crippen LogP contribution is 2.36. The number of phenols is 1. The molecule has 92 valence electrons. The van der Waals surface area contributed by atoms with Crippen molar-refractivity contribution in [2.75, 3.05) is 0 Å². The predicted octanol–water partition coefficient (Wildman–Crippen LogP) is 4.29. The fraction of sp³-hybridized carbons (Fsp3) is 0.267. The maximum Gasteiger partial charge on any atom is 0.116 e. The second-order valence-corrected chi connectivity index (χ2v) is 5.56. The van der Waals surface area contributed by atoms with Gasteiger partial charge in [-0.1, -0.05) is 24.6 Å². The van der Waals surface area contributed by atoms with E-state index < -0.39 is 0 Å². The first kappa shape index (κ1) is 11.5. The Morgan fingerprint density at radius 2 is 2.17 bits per heavy atom. The lowest BCUT2D eigenvalue weighted by molar-refractivity contribution is 0.412. The number of hydrogen-bond donors (Lipinski definition) is 1. The zero-order chi connectivity index (χ0) is 12.4. The highest BCUT2D eigenvalue weighted by atomic mass is 32.1.